The van der Waals surface area contributed by atoms with Gasteiger partial charge in [0.15, 0.2) is 5.82 Å². The molecule has 9 heteroatoms. The summed E-state index contributed by atoms with van der Waals surface area (Å²) >= 11 is 12.1. The molecule has 0 saturated carbocycles. The number of benzene rings is 2. The Morgan fingerprint density at radius 3 is 2.56 bits per heavy atom. The molecular formula is C16H9Cl2F4N3. The topological polar surface area (TPSA) is 30.7 Å². The van der Waals surface area contributed by atoms with E-state index in [1.807, 2.05) is 0 Å². The fourth-order valence-electron chi connectivity index (χ4n) is 2.36. The van der Waals surface area contributed by atoms with E-state index in [9.17, 15) is 17.6 Å². The number of aromatic nitrogens is 3. The first-order valence-corrected chi connectivity index (χ1v) is 7.70. The predicted molar refractivity (Wildman–Crippen MR) is 86.0 cm³/mol. The van der Waals surface area contributed by atoms with E-state index in [0.717, 1.165) is 12.1 Å². The SMILES string of the molecule is Fc1cc(Cn2cnnc2-c2cccc(Cl)c2Cl)cc(C(F)(F)F)c1. The van der Waals surface area contributed by atoms with Gasteiger partial charge in [-0.3, -0.25) is 0 Å². The summed E-state index contributed by atoms with van der Waals surface area (Å²) < 4.78 is 53.5. The van der Waals surface area contributed by atoms with Gasteiger partial charge in [-0.15, -0.1) is 10.2 Å². The van der Waals surface area contributed by atoms with E-state index in [4.69, 9.17) is 23.2 Å². The van der Waals surface area contributed by atoms with Crippen LogP contribution >= 0.6 is 23.2 Å². The second kappa shape index (κ2) is 6.65. The first-order valence-electron chi connectivity index (χ1n) is 6.94. The summed E-state index contributed by atoms with van der Waals surface area (Å²) in [5, 5.41) is 8.23. The third-order valence-electron chi connectivity index (χ3n) is 3.45. The van der Waals surface area contributed by atoms with E-state index < -0.39 is 17.6 Å². The number of rotatable bonds is 3. The van der Waals surface area contributed by atoms with Gasteiger partial charge in [-0.05, 0) is 35.9 Å². The third-order valence-corrected chi connectivity index (χ3v) is 4.26. The van der Waals surface area contributed by atoms with Gasteiger partial charge in [-0.1, -0.05) is 29.3 Å². The molecule has 0 radical (unpaired) electrons. The van der Waals surface area contributed by atoms with Crippen LogP contribution in [-0.4, -0.2) is 14.8 Å². The molecule has 3 aromatic rings. The van der Waals surface area contributed by atoms with Crippen LogP contribution in [0.1, 0.15) is 11.1 Å². The minimum atomic E-state index is -4.64. The second-order valence-electron chi connectivity index (χ2n) is 5.23. The zero-order valence-corrected chi connectivity index (χ0v) is 13.9. The molecule has 0 fully saturated rings. The van der Waals surface area contributed by atoms with Crippen LogP contribution in [0.15, 0.2) is 42.7 Å². The quantitative estimate of drug-likeness (QED) is 0.557. The number of alkyl halides is 3. The number of hydrogen-bond donors (Lipinski definition) is 0. The summed E-state index contributed by atoms with van der Waals surface area (Å²) in [6.45, 7) is -0.0635. The summed E-state index contributed by atoms with van der Waals surface area (Å²) in [5.41, 5.74) is -0.469. The van der Waals surface area contributed by atoms with Crippen molar-refractivity contribution in [1.29, 1.82) is 0 Å². The first kappa shape index (κ1) is 17.7. The molecule has 0 aliphatic rings. The lowest BCUT2D eigenvalue weighted by Crippen LogP contribution is -2.08. The van der Waals surface area contributed by atoms with Crippen molar-refractivity contribution < 1.29 is 17.6 Å². The highest BCUT2D eigenvalue weighted by Gasteiger charge is 2.31. The zero-order chi connectivity index (χ0) is 18.2. The van der Waals surface area contributed by atoms with Gasteiger partial charge in [-0.2, -0.15) is 13.2 Å². The van der Waals surface area contributed by atoms with Gasteiger partial charge in [0.25, 0.3) is 0 Å². The van der Waals surface area contributed by atoms with Crippen molar-refractivity contribution in [1.82, 2.24) is 14.8 Å². The van der Waals surface area contributed by atoms with Crippen molar-refractivity contribution in [2.24, 2.45) is 0 Å². The highest BCUT2D eigenvalue weighted by Crippen LogP contribution is 2.33. The van der Waals surface area contributed by atoms with Crippen molar-refractivity contribution in [3.05, 3.63) is 69.7 Å². The highest BCUT2D eigenvalue weighted by molar-refractivity contribution is 6.43. The van der Waals surface area contributed by atoms with E-state index in [2.05, 4.69) is 10.2 Å². The molecule has 0 aliphatic carbocycles. The second-order valence-corrected chi connectivity index (χ2v) is 6.01. The van der Waals surface area contributed by atoms with Crippen LogP contribution in [0.25, 0.3) is 11.4 Å². The Bertz CT molecular complexity index is 922. The van der Waals surface area contributed by atoms with Crippen molar-refractivity contribution in [3.63, 3.8) is 0 Å². The first-order chi connectivity index (χ1) is 11.8. The van der Waals surface area contributed by atoms with Crippen molar-refractivity contribution >= 4 is 23.2 Å². The van der Waals surface area contributed by atoms with Gasteiger partial charge >= 0.3 is 6.18 Å². The maximum atomic E-state index is 13.5. The van der Waals surface area contributed by atoms with Crippen LogP contribution in [0, 0.1) is 5.82 Å². The van der Waals surface area contributed by atoms with E-state index in [1.54, 1.807) is 18.2 Å². The molecule has 0 aliphatic heterocycles. The lowest BCUT2D eigenvalue weighted by atomic mass is 10.1. The third kappa shape index (κ3) is 3.77. The van der Waals surface area contributed by atoms with Crippen LogP contribution in [0.5, 0.6) is 0 Å². The highest BCUT2D eigenvalue weighted by atomic mass is 35.5. The Kier molecular flexibility index (Phi) is 4.71. The molecule has 1 heterocycles. The summed E-state index contributed by atoms with van der Waals surface area (Å²) in [4.78, 5) is 0. The van der Waals surface area contributed by atoms with Crippen molar-refractivity contribution in [2.75, 3.05) is 0 Å². The van der Waals surface area contributed by atoms with Crippen LogP contribution < -0.4 is 0 Å². The molecule has 3 rings (SSSR count). The Hall–Kier alpha value is -2.12. The average molecular weight is 390 g/mol. The molecule has 3 nitrogen and oxygen atoms in total. The van der Waals surface area contributed by atoms with E-state index >= 15 is 0 Å². The van der Waals surface area contributed by atoms with Crippen LogP contribution in [0.2, 0.25) is 10.0 Å². The van der Waals surface area contributed by atoms with Crippen LogP contribution in [0.4, 0.5) is 17.6 Å². The molecule has 0 amide bonds. The minimum Gasteiger partial charge on any atom is -0.309 e. The fourth-order valence-corrected chi connectivity index (χ4v) is 2.74. The molecule has 0 saturated heterocycles. The molecule has 2 aromatic carbocycles. The van der Waals surface area contributed by atoms with Gasteiger partial charge in [0.1, 0.15) is 12.1 Å². The number of nitrogens with zero attached hydrogens (tertiary/aromatic N) is 3. The van der Waals surface area contributed by atoms with E-state index in [0.29, 0.717) is 22.5 Å². The Labute approximate surface area is 149 Å². The minimum absolute atomic E-state index is 0.0635. The zero-order valence-electron chi connectivity index (χ0n) is 12.4. The van der Waals surface area contributed by atoms with Gasteiger partial charge in [0.2, 0.25) is 0 Å². The molecule has 0 unspecified atom stereocenters. The molecular weight excluding hydrogens is 381 g/mol. The summed E-state index contributed by atoms with van der Waals surface area (Å²) in [6, 6.07) is 7.26. The van der Waals surface area contributed by atoms with Crippen molar-refractivity contribution in [2.45, 2.75) is 12.7 Å². The largest absolute Gasteiger partial charge is 0.416 e. The summed E-state index contributed by atoms with van der Waals surface area (Å²) in [6.07, 6.45) is -3.31. The fraction of sp³-hybridized carbons (Fsp3) is 0.125. The Balaban J connectivity index is 2.00. The average Bonchev–Trinajstić information content (AvgIpc) is 2.96. The van der Waals surface area contributed by atoms with Crippen molar-refractivity contribution in [3.8, 4) is 11.4 Å². The molecule has 0 atom stereocenters. The predicted octanol–water partition coefficient (Wildman–Crippen LogP) is 5.46. The summed E-state index contributed by atoms with van der Waals surface area (Å²) in [7, 11) is 0. The molecule has 1 aromatic heterocycles. The van der Waals surface area contributed by atoms with Gasteiger partial charge in [0, 0.05) is 5.56 Å². The lowest BCUT2D eigenvalue weighted by molar-refractivity contribution is -0.137. The molecule has 0 bridgehead atoms. The van der Waals surface area contributed by atoms with E-state index in [1.165, 1.54) is 10.9 Å². The maximum absolute atomic E-state index is 13.5. The Morgan fingerprint density at radius 2 is 1.84 bits per heavy atom. The normalized spacial score (nSPS) is 11.8. The standard InChI is InChI=1S/C16H9Cl2F4N3/c17-13-3-1-2-12(14(13)18)15-24-23-8-25(15)7-9-4-10(16(20,21)22)6-11(19)5-9/h1-6,8H,7H2. The molecule has 0 N–H and O–H groups in total. The number of hydrogen-bond acceptors (Lipinski definition) is 2. The molecule has 25 heavy (non-hydrogen) atoms. The van der Waals surface area contributed by atoms with Gasteiger partial charge < -0.3 is 4.57 Å². The lowest BCUT2D eigenvalue weighted by Gasteiger charge is -2.12. The Morgan fingerprint density at radius 1 is 1.08 bits per heavy atom. The summed E-state index contributed by atoms with van der Waals surface area (Å²) in [5.74, 6) is -0.662. The molecule has 130 valence electrons. The maximum Gasteiger partial charge on any atom is 0.416 e. The van der Waals surface area contributed by atoms with E-state index in [-0.39, 0.29) is 17.1 Å². The van der Waals surface area contributed by atoms with Crippen LogP contribution in [0.3, 0.4) is 0 Å². The van der Waals surface area contributed by atoms with Crippen LogP contribution in [-0.2, 0) is 12.7 Å². The monoisotopic (exact) mass is 389 g/mol. The smallest absolute Gasteiger partial charge is 0.309 e. The number of halogens is 6. The van der Waals surface area contributed by atoms with Gasteiger partial charge in [-0.25, -0.2) is 4.39 Å². The molecule has 0 spiro atoms. The van der Waals surface area contributed by atoms with Gasteiger partial charge in [0.05, 0.1) is 22.2 Å².